The highest BCUT2D eigenvalue weighted by atomic mass is 16.6. The molecular formula is C18H17NO6. The Morgan fingerprint density at radius 1 is 0.880 bits per heavy atom. The molecule has 0 saturated carbocycles. The van der Waals surface area contributed by atoms with Gasteiger partial charge in [-0.05, 0) is 36.8 Å². The normalized spacial score (nSPS) is 9.88. The Bertz CT molecular complexity index is 781. The van der Waals surface area contributed by atoms with Crippen LogP contribution in [0.5, 0.6) is 5.75 Å². The van der Waals surface area contributed by atoms with E-state index in [2.05, 4.69) is 14.8 Å². The molecule has 7 heteroatoms. The number of anilines is 1. The molecule has 0 aliphatic heterocycles. The molecule has 0 bridgehead atoms. The first-order valence-electron chi connectivity index (χ1n) is 7.30. The first-order valence-corrected chi connectivity index (χ1v) is 7.30. The van der Waals surface area contributed by atoms with Crippen molar-refractivity contribution in [2.75, 3.05) is 19.5 Å². The largest absolute Gasteiger partial charge is 0.465 e. The molecule has 0 saturated heterocycles. The number of hydrogen-bond donors (Lipinski definition) is 1. The van der Waals surface area contributed by atoms with Gasteiger partial charge in [-0.3, -0.25) is 5.32 Å². The van der Waals surface area contributed by atoms with E-state index in [1.165, 1.54) is 32.4 Å². The van der Waals surface area contributed by atoms with Gasteiger partial charge in [0.1, 0.15) is 5.75 Å². The highest BCUT2D eigenvalue weighted by molar-refractivity contribution is 5.98. The summed E-state index contributed by atoms with van der Waals surface area (Å²) in [6.45, 7) is 1.80. The van der Waals surface area contributed by atoms with Crippen LogP contribution in [0.15, 0.2) is 42.5 Å². The van der Waals surface area contributed by atoms with Gasteiger partial charge in [0.25, 0.3) is 0 Å². The van der Waals surface area contributed by atoms with Crippen LogP contribution in [0.1, 0.15) is 26.3 Å². The topological polar surface area (TPSA) is 90.9 Å². The molecule has 2 rings (SSSR count). The number of nitrogens with one attached hydrogen (secondary N) is 1. The molecule has 2 aromatic rings. The third-order valence-corrected chi connectivity index (χ3v) is 3.32. The van der Waals surface area contributed by atoms with E-state index in [1.54, 1.807) is 25.1 Å². The predicted molar refractivity (Wildman–Crippen MR) is 89.9 cm³/mol. The van der Waals surface area contributed by atoms with Crippen molar-refractivity contribution in [1.29, 1.82) is 0 Å². The quantitative estimate of drug-likeness (QED) is 0.858. The van der Waals surface area contributed by atoms with E-state index in [0.717, 1.165) is 5.56 Å². The minimum absolute atomic E-state index is 0.0941. The summed E-state index contributed by atoms with van der Waals surface area (Å²) in [5.74, 6) is -0.903. The molecule has 130 valence electrons. The maximum Gasteiger partial charge on any atom is 0.417 e. The molecule has 0 fully saturated rings. The average molecular weight is 343 g/mol. The number of carbonyl (C=O) groups excluding carboxylic acids is 3. The maximum atomic E-state index is 12.1. The second kappa shape index (κ2) is 7.96. The zero-order valence-corrected chi connectivity index (χ0v) is 14.0. The van der Waals surface area contributed by atoms with Crippen LogP contribution in [0, 0.1) is 6.92 Å². The monoisotopic (exact) mass is 343 g/mol. The van der Waals surface area contributed by atoms with E-state index in [4.69, 9.17) is 4.74 Å². The van der Waals surface area contributed by atoms with Gasteiger partial charge in [0.15, 0.2) is 0 Å². The Balaban J connectivity index is 2.25. The van der Waals surface area contributed by atoms with Crippen molar-refractivity contribution in [2.45, 2.75) is 6.92 Å². The standard InChI is InChI=1S/C18H17NO6/c1-11-6-4-5-7-15(11)25-18(22)19-14-9-12(16(20)23-2)8-13(10-14)17(21)24-3/h4-10H,1-3H3,(H,19,22). The van der Waals surface area contributed by atoms with Crippen LogP contribution in [0.4, 0.5) is 10.5 Å². The lowest BCUT2D eigenvalue weighted by atomic mass is 10.1. The Morgan fingerprint density at radius 3 is 1.96 bits per heavy atom. The van der Waals surface area contributed by atoms with Crippen LogP contribution < -0.4 is 10.1 Å². The molecule has 0 spiro atoms. The number of para-hydroxylation sites is 1. The van der Waals surface area contributed by atoms with Crippen molar-refractivity contribution >= 4 is 23.7 Å². The predicted octanol–water partition coefficient (Wildman–Crippen LogP) is 3.18. The van der Waals surface area contributed by atoms with E-state index in [-0.39, 0.29) is 16.8 Å². The molecule has 25 heavy (non-hydrogen) atoms. The van der Waals surface area contributed by atoms with Crippen molar-refractivity contribution in [3.63, 3.8) is 0 Å². The van der Waals surface area contributed by atoms with Gasteiger partial charge in [-0.2, -0.15) is 0 Å². The van der Waals surface area contributed by atoms with Crippen molar-refractivity contribution in [3.05, 3.63) is 59.2 Å². The lowest BCUT2D eigenvalue weighted by Crippen LogP contribution is -2.18. The van der Waals surface area contributed by atoms with Crippen LogP contribution in [0.25, 0.3) is 0 Å². The first kappa shape index (κ1) is 18.0. The van der Waals surface area contributed by atoms with Gasteiger partial charge in [-0.15, -0.1) is 0 Å². The number of esters is 2. The SMILES string of the molecule is COC(=O)c1cc(NC(=O)Oc2ccccc2C)cc(C(=O)OC)c1. The highest BCUT2D eigenvalue weighted by Crippen LogP contribution is 2.20. The fraction of sp³-hybridized carbons (Fsp3) is 0.167. The molecule has 7 nitrogen and oxygen atoms in total. The van der Waals surface area contributed by atoms with Crippen LogP contribution >= 0.6 is 0 Å². The van der Waals surface area contributed by atoms with Crippen LogP contribution in [0.3, 0.4) is 0 Å². The molecular weight excluding hydrogens is 326 g/mol. The molecule has 0 aliphatic carbocycles. The maximum absolute atomic E-state index is 12.1. The van der Waals surface area contributed by atoms with Crippen LogP contribution in [0.2, 0.25) is 0 Å². The summed E-state index contributed by atoms with van der Waals surface area (Å²) < 4.78 is 14.5. The summed E-state index contributed by atoms with van der Waals surface area (Å²) in [5, 5.41) is 2.48. The van der Waals surface area contributed by atoms with Gasteiger partial charge < -0.3 is 14.2 Å². The molecule has 0 radical (unpaired) electrons. The second-order valence-corrected chi connectivity index (χ2v) is 5.06. The van der Waals surface area contributed by atoms with Gasteiger partial charge in [-0.1, -0.05) is 18.2 Å². The van der Waals surface area contributed by atoms with Crippen molar-refractivity contribution < 1.29 is 28.6 Å². The lowest BCUT2D eigenvalue weighted by Gasteiger charge is -2.11. The number of methoxy groups -OCH3 is 2. The summed E-state index contributed by atoms with van der Waals surface area (Å²) in [5.41, 5.74) is 1.17. The average Bonchev–Trinajstić information content (AvgIpc) is 2.61. The summed E-state index contributed by atoms with van der Waals surface area (Å²) >= 11 is 0. The summed E-state index contributed by atoms with van der Waals surface area (Å²) in [7, 11) is 2.43. The fourth-order valence-electron chi connectivity index (χ4n) is 2.09. The molecule has 1 N–H and O–H groups in total. The minimum Gasteiger partial charge on any atom is -0.465 e. The van der Waals surface area contributed by atoms with Crippen molar-refractivity contribution in [1.82, 2.24) is 0 Å². The fourth-order valence-corrected chi connectivity index (χ4v) is 2.09. The Hall–Kier alpha value is -3.35. The van der Waals surface area contributed by atoms with Crippen molar-refractivity contribution in [3.8, 4) is 5.75 Å². The van der Waals surface area contributed by atoms with E-state index in [1.807, 2.05) is 6.07 Å². The number of hydrogen-bond acceptors (Lipinski definition) is 6. The third-order valence-electron chi connectivity index (χ3n) is 3.32. The number of benzene rings is 2. The summed E-state index contributed by atoms with van der Waals surface area (Å²) in [6.07, 6.45) is -0.757. The Labute approximate surface area is 144 Å². The molecule has 0 heterocycles. The van der Waals surface area contributed by atoms with E-state index in [9.17, 15) is 14.4 Å². The van der Waals surface area contributed by atoms with E-state index in [0.29, 0.717) is 5.75 Å². The van der Waals surface area contributed by atoms with Gasteiger partial charge in [0.2, 0.25) is 0 Å². The van der Waals surface area contributed by atoms with Gasteiger partial charge in [0.05, 0.1) is 25.3 Å². The minimum atomic E-state index is -0.757. The smallest absolute Gasteiger partial charge is 0.417 e. The van der Waals surface area contributed by atoms with Crippen molar-refractivity contribution in [2.24, 2.45) is 0 Å². The van der Waals surface area contributed by atoms with Gasteiger partial charge in [-0.25, -0.2) is 14.4 Å². The number of ether oxygens (including phenoxy) is 3. The number of rotatable bonds is 4. The highest BCUT2D eigenvalue weighted by Gasteiger charge is 2.15. The summed E-state index contributed by atoms with van der Waals surface area (Å²) in [6, 6.07) is 11.1. The van der Waals surface area contributed by atoms with Gasteiger partial charge in [0, 0.05) is 5.69 Å². The number of aryl methyl sites for hydroxylation is 1. The van der Waals surface area contributed by atoms with Gasteiger partial charge >= 0.3 is 18.0 Å². The molecule has 0 unspecified atom stereocenters. The van der Waals surface area contributed by atoms with Crippen LogP contribution in [-0.2, 0) is 9.47 Å². The molecule has 0 aliphatic rings. The lowest BCUT2D eigenvalue weighted by molar-refractivity contribution is 0.0599. The molecule has 1 amide bonds. The number of carbonyl (C=O) groups is 3. The molecule has 2 aromatic carbocycles. The summed E-state index contributed by atoms with van der Waals surface area (Å²) in [4.78, 5) is 35.5. The second-order valence-electron chi connectivity index (χ2n) is 5.06. The Kier molecular flexibility index (Phi) is 5.73. The zero-order chi connectivity index (χ0) is 18.4. The molecule has 0 aromatic heterocycles. The van der Waals surface area contributed by atoms with E-state index < -0.39 is 18.0 Å². The van der Waals surface area contributed by atoms with E-state index >= 15 is 0 Å². The first-order chi connectivity index (χ1) is 11.9. The molecule has 0 atom stereocenters. The van der Waals surface area contributed by atoms with Crippen LogP contribution in [-0.4, -0.2) is 32.3 Å². The zero-order valence-electron chi connectivity index (χ0n) is 14.0. The number of amides is 1. The third kappa shape index (κ3) is 4.57. The Morgan fingerprint density at radius 2 is 1.44 bits per heavy atom.